The van der Waals surface area contributed by atoms with Crippen molar-refractivity contribution in [2.24, 2.45) is 0 Å². The number of hydrogen-bond acceptors (Lipinski definition) is 4. The van der Waals surface area contributed by atoms with Gasteiger partial charge >= 0.3 is 0 Å². The molecule has 4 nitrogen and oxygen atoms in total. The average molecular weight is 158 g/mol. The minimum Gasteiger partial charge on any atom is -0.396 e. The number of rotatable bonds is 4. The van der Waals surface area contributed by atoms with Gasteiger partial charge in [0.1, 0.15) is 6.73 Å². The standard InChI is InChI=1S/C7H14N2O2/c10-5-1-2-8-3-4-9(6-8)7-11/h3-4,10-11H,1-2,5-7H2. The lowest BCUT2D eigenvalue weighted by Crippen LogP contribution is -2.26. The lowest BCUT2D eigenvalue weighted by molar-refractivity contribution is 0.125. The van der Waals surface area contributed by atoms with Crippen molar-refractivity contribution >= 4 is 0 Å². The summed E-state index contributed by atoms with van der Waals surface area (Å²) in [6.07, 6.45) is 4.55. The van der Waals surface area contributed by atoms with Crippen LogP contribution in [-0.2, 0) is 0 Å². The molecule has 0 atom stereocenters. The van der Waals surface area contributed by atoms with E-state index in [1.165, 1.54) is 0 Å². The Kier molecular flexibility index (Phi) is 3.19. The highest BCUT2D eigenvalue weighted by Crippen LogP contribution is 2.04. The van der Waals surface area contributed by atoms with Gasteiger partial charge in [0.15, 0.2) is 0 Å². The van der Waals surface area contributed by atoms with Crippen LogP contribution in [0.3, 0.4) is 0 Å². The highest BCUT2D eigenvalue weighted by Gasteiger charge is 2.09. The first-order valence-corrected chi connectivity index (χ1v) is 3.75. The summed E-state index contributed by atoms with van der Waals surface area (Å²) >= 11 is 0. The average Bonchev–Trinajstić information content (AvgIpc) is 2.48. The molecule has 4 heteroatoms. The molecule has 0 fully saturated rings. The fraction of sp³-hybridized carbons (Fsp3) is 0.714. The molecule has 0 aromatic carbocycles. The van der Waals surface area contributed by atoms with Crippen molar-refractivity contribution in [1.29, 1.82) is 0 Å². The topological polar surface area (TPSA) is 46.9 Å². The molecule has 11 heavy (non-hydrogen) atoms. The Hall–Kier alpha value is -0.740. The van der Waals surface area contributed by atoms with Crippen molar-refractivity contribution in [2.45, 2.75) is 6.42 Å². The van der Waals surface area contributed by atoms with Gasteiger partial charge in [0.05, 0.1) is 6.67 Å². The summed E-state index contributed by atoms with van der Waals surface area (Å²) < 4.78 is 0. The van der Waals surface area contributed by atoms with E-state index in [9.17, 15) is 0 Å². The minimum atomic E-state index is 0.0616. The van der Waals surface area contributed by atoms with Crippen LogP contribution >= 0.6 is 0 Å². The number of aliphatic hydroxyl groups excluding tert-OH is 2. The predicted octanol–water partition coefficient (Wildman–Crippen LogP) is -0.635. The van der Waals surface area contributed by atoms with Crippen LogP contribution < -0.4 is 0 Å². The zero-order valence-electron chi connectivity index (χ0n) is 6.48. The van der Waals surface area contributed by atoms with Crippen LogP contribution in [0, 0.1) is 0 Å². The third-order valence-electron chi connectivity index (χ3n) is 1.64. The fourth-order valence-electron chi connectivity index (χ4n) is 1.03. The Balaban J connectivity index is 2.15. The molecular formula is C7H14N2O2. The van der Waals surface area contributed by atoms with Gasteiger partial charge in [0, 0.05) is 25.6 Å². The van der Waals surface area contributed by atoms with Gasteiger partial charge in [-0.25, -0.2) is 0 Å². The van der Waals surface area contributed by atoms with E-state index >= 15 is 0 Å². The number of aliphatic hydroxyl groups is 2. The molecule has 0 saturated carbocycles. The maximum Gasteiger partial charge on any atom is 0.116 e. The van der Waals surface area contributed by atoms with E-state index in [1.807, 2.05) is 17.3 Å². The Morgan fingerprint density at radius 1 is 1.18 bits per heavy atom. The fourth-order valence-corrected chi connectivity index (χ4v) is 1.03. The van der Waals surface area contributed by atoms with Crippen molar-refractivity contribution in [3.8, 4) is 0 Å². The van der Waals surface area contributed by atoms with Crippen molar-refractivity contribution in [2.75, 3.05) is 26.6 Å². The molecule has 0 saturated heterocycles. The summed E-state index contributed by atoms with van der Waals surface area (Å²) in [5, 5.41) is 17.2. The summed E-state index contributed by atoms with van der Waals surface area (Å²) in [6.45, 7) is 1.87. The van der Waals surface area contributed by atoms with E-state index < -0.39 is 0 Å². The van der Waals surface area contributed by atoms with Crippen LogP contribution in [0.1, 0.15) is 6.42 Å². The first-order valence-electron chi connectivity index (χ1n) is 3.75. The van der Waals surface area contributed by atoms with Crippen LogP contribution in [0.15, 0.2) is 12.4 Å². The Morgan fingerprint density at radius 3 is 2.45 bits per heavy atom. The van der Waals surface area contributed by atoms with Crippen molar-refractivity contribution in [1.82, 2.24) is 9.80 Å². The smallest absolute Gasteiger partial charge is 0.116 e. The molecule has 1 rings (SSSR count). The summed E-state index contributed by atoms with van der Waals surface area (Å²) in [4.78, 5) is 3.84. The molecule has 1 heterocycles. The zero-order valence-corrected chi connectivity index (χ0v) is 6.48. The van der Waals surface area contributed by atoms with E-state index in [0.717, 1.165) is 19.6 Å². The first kappa shape index (κ1) is 8.36. The monoisotopic (exact) mass is 158 g/mol. The van der Waals surface area contributed by atoms with E-state index in [0.29, 0.717) is 0 Å². The van der Waals surface area contributed by atoms with Crippen LogP contribution in [0.2, 0.25) is 0 Å². The minimum absolute atomic E-state index is 0.0616. The van der Waals surface area contributed by atoms with Gasteiger partial charge in [-0.3, -0.25) is 0 Å². The van der Waals surface area contributed by atoms with E-state index in [1.54, 1.807) is 4.90 Å². The highest BCUT2D eigenvalue weighted by molar-refractivity contribution is 4.88. The highest BCUT2D eigenvalue weighted by atomic mass is 16.3. The summed E-state index contributed by atoms with van der Waals surface area (Å²) in [5.74, 6) is 0. The number of hydrogen-bond donors (Lipinski definition) is 2. The SMILES string of the molecule is OCCCN1C=CN(CO)C1. The quantitative estimate of drug-likeness (QED) is 0.571. The van der Waals surface area contributed by atoms with E-state index in [4.69, 9.17) is 10.2 Å². The molecule has 0 aromatic heterocycles. The maximum atomic E-state index is 8.71. The molecule has 64 valence electrons. The van der Waals surface area contributed by atoms with Crippen LogP contribution in [0.5, 0.6) is 0 Å². The zero-order chi connectivity index (χ0) is 8.10. The van der Waals surface area contributed by atoms with Gasteiger partial charge in [-0.2, -0.15) is 0 Å². The Labute approximate surface area is 66.3 Å². The normalized spacial score (nSPS) is 16.5. The second-order valence-electron chi connectivity index (χ2n) is 2.56. The van der Waals surface area contributed by atoms with E-state index in [2.05, 4.69) is 0 Å². The molecule has 0 bridgehead atoms. The van der Waals surface area contributed by atoms with Crippen molar-refractivity contribution in [3.63, 3.8) is 0 Å². The Bertz CT molecular complexity index is 138. The van der Waals surface area contributed by atoms with Gasteiger partial charge in [-0.05, 0) is 6.42 Å². The van der Waals surface area contributed by atoms with Gasteiger partial charge in [-0.1, -0.05) is 0 Å². The molecule has 0 spiro atoms. The summed E-state index contributed by atoms with van der Waals surface area (Å²) in [5.41, 5.74) is 0. The maximum absolute atomic E-state index is 8.71. The summed E-state index contributed by atoms with van der Waals surface area (Å²) in [6, 6.07) is 0. The molecule has 1 aliphatic rings. The van der Waals surface area contributed by atoms with Crippen molar-refractivity contribution in [3.05, 3.63) is 12.4 Å². The second kappa shape index (κ2) is 4.20. The predicted molar refractivity (Wildman–Crippen MR) is 41.3 cm³/mol. The lowest BCUT2D eigenvalue weighted by Gasteiger charge is -2.18. The third kappa shape index (κ3) is 2.40. The van der Waals surface area contributed by atoms with E-state index in [-0.39, 0.29) is 13.3 Å². The Morgan fingerprint density at radius 2 is 1.91 bits per heavy atom. The van der Waals surface area contributed by atoms with Crippen LogP contribution in [-0.4, -0.2) is 46.6 Å². The van der Waals surface area contributed by atoms with Crippen LogP contribution in [0.4, 0.5) is 0 Å². The van der Waals surface area contributed by atoms with Crippen LogP contribution in [0.25, 0.3) is 0 Å². The first-order chi connectivity index (χ1) is 5.36. The third-order valence-corrected chi connectivity index (χ3v) is 1.64. The molecule has 1 aliphatic heterocycles. The molecule has 0 radical (unpaired) electrons. The molecule has 0 aromatic rings. The summed E-state index contributed by atoms with van der Waals surface area (Å²) in [7, 11) is 0. The van der Waals surface area contributed by atoms with Gasteiger partial charge in [0.25, 0.3) is 0 Å². The molecule has 2 N–H and O–H groups in total. The van der Waals surface area contributed by atoms with Gasteiger partial charge in [0.2, 0.25) is 0 Å². The lowest BCUT2D eigenvalue weighted by atomic mass is 10.4. The van der Waals surface area contributed by atoms with Crippen molar-refractivity contribution < 1.29 is 10.2 Å². The molecule has 0 amide bonds. The molecular weight excluding hydrogens is 144 g/mol. The van der Waals surface area contributed by atoms with Gasteiger partial charge in [-0.15, -0.1) is 0 Å². The largest absolute Gasteiger partial charge is 0.396 e. The molecule has 0 unspecified atom stereocenters. The molecule has 0 aliphatic carbocycles. The number of nitrogens with zero attached hydrogens (tertiary/aromatic N) is 2. The second-order valence-corrected chi connectivity index (χ2v) is 2.56. The van der Waals surface area contributed by atoms with Gasteiger partial charge < -0.3 is 20.0 Å².